The molecule has 0 unspecified atom stereocenters. The lowest BCUT2D eigenvalue weighted by Gasteiger charge is -2.29. The van der Waals surface area contributed by atoms with Gasteiger partial charge >= 0.3 is 6.09 Å². The molecule has 0 bridgehead atoms. The standard InChI is InChI=1S/C37H53N3O5.C2H6/c1-11-15-16-30(35(42)40-17-19-44-20-18-40)32(29(13-3)27(7)21-31(25(5)12-2)33(41)14-4)23-28-24-38-34(22-26(28)6)39-36(43)45-37(8,9)10;1-2/h13,16,21-24H,11-12,14-15,17-20H2,1-10H3,(H,38,39,43);1-2H3/b27-21-,29-13+,30-16-,31-25-,32-23-;. The number of hydrogen-bond donors (Lipinski definition) is 1. The van der Waals surface area contributed by atoms with E-state index in [1.54, 1.807) is 33.0 Å². The lowest BCUT2D eigenvalue weighted by molar-refractivity contribution is -0.130. The van der Waals surface area contributed by atoms with Crippen LogP contribution in [0.25, 0.3) is 6.08 Å². The predicted octanol–water partition coefficient (Wildman–Crippen LogP) is 9.33. The SMILES string of the molecule is C/C=C(C(\C)=C/C(C(=O)CC)=C(\C)CC)/C(=C/c1cnc(NC(=O)OC(C)(C)C)cc1C)C(=C/CCC)/C(=O)N1CCOCC1.CC. The molecule has 0 atom stereocenters. The van der Waals surface area contributed by atoms with Crippen molar-refractivity contribution in [2.75, 3.05) is 31.6 Å². The molecule has 1 aromatic heterocycles. The number of hydrogen-bond acceptors (Lipinski definition) is 6. The number of allylic oxidation sites excluding steroid dienone is 7. The Bertz CT molecular complexity index is 1380. The first-order valence-electron chi connectivity index (χ1n) is 17.1. The number of anilines is 1. The fourth-order valence-electron chi connectivity index (χ4n) is 4.90. The van der Waals surface area contributed by atoms with Crippen molar-refractivity contribution in [3.8, 4) is 0 Å². The summed E-state index contributed by atoms with van der Waals surface area (Å²) >= 11 is 0. The molecular weight excluding hydrogens is 590 g/mol. The molecule has 1 aliphatic heterocycles. The van der Waals surface area contributed by atoms with E-state index in [4.69, 9.17) is 9.47 Å². The van der Waals surface area contributed by atoms with Gasteiger partial charge in [0.1, 0.15) is 11.4 Å². The largest absolute Gasteiger partial charge is 0.444 e. The quantitative estimate of drug-likeness (QED) is 0.179. The number of aromatic nitrogens is 1. The number of ketones is 1. The van der Waals surface area contributed by atoms with Crippen LogP contribution < -0.4 is 5.32 Å². The molecular formula is C39H59N3O5. The number of morpholine rings is 1. The molecule has 0 aromatic carbocycles. The van der Waals surface area contributed by atoms with Gasteiger partial charge in [-0.1, -0.05) is 58.8 Å². The summed E-state index contributed by atoms with van der Waals surface area (Å²) in [4.78, 5) is 45.8. The van der Waals surface area contributed by atoms with E-state index in [9.17, 15) is 14.4 Å². The number of aryl methyl sites for hydroxylation is 1. The Kier molecular flexibility index (Phi) is 17.9. The Morgan fingerprint density at radius 1 is 1.02 bits per heavy atom. The lowest BCUT2D eigenvalue weighted by atomic mass is 9.87. The van der Waals surface area contributed by atoms with Crippen LogP contribution in [-0.2, 0) is 19.1 Å². The minimum Gasteiger partial charge on any atom is -0.444 e. The van der Waals surface area contributed by atoms with Crippen molar-refractivity contribution in [2.24, 2.45) is 0 Å². The van der Waals surface area contributed by atoms with Crippen molar-refractivity contribution >= 4 is 29.7 Å². The molecule has 8 nitrogen and oxygen atoms in total. The summed E-state index contributed by atoms with van der Waals surface area (Å²) < 4.78 is 10.9. The van der Waals surface area contributed by atoms with Gasteiger partial charge in [0, 0.05) is 36.9 Å². The molecule has 2 rings (SSSR count). The number of nitrogens with one attached hydrogen (secondary N) is 1. The van der Waals surface area contributed by atoms with E-state index >= 15 is 0 Å². The summed E-state index contributed by atoms with van der Waals surface area (Å²) in [5.41, 5.74) is 5.88. The van der Waals surface area contributed by atoms with Gasteiger partial charge in [-0.3, -0.25) is 14.9 Å². The molecule has 0 saturated carbocycles. The van der Waals surface area contributed by atoms with Gasteiger partial charge in [-0.25, -0.2) is 9.78 Å². The van der Waals surface area contributed by atoms with Gasteiger partial charge in [0.15, 0.2) is 5.78 Å². The molecule has 47 heavy (non-hydrogen) atoms. The smallest absolute Gasteiger partial charge is 0.413 e. The average molecular weight is 650 g/mol. The molecule has 1 aliphatic rings. The first-order chi connectivity index (χ1) is 22.3. The maximum Gasteiger partial charge on any atom is 0.413 e. The summed E-state index contributed by atoms with van der Waals surface area (Å²) in [6, 6.07) is 1.79. The van der Waals surface area contributed by atoms with E-state index < -0.39 is 11.7 Å². The van der Waals surface area contributed by atoms with E-state index in [1.807, 2.05) is 84.6 Å². The number of pyridine rings is 1. The van der Waals surface area contributed by atoms with Crippen LogP contribution in [0, 0.1) is 6.92 Å². The number of rotatable bonds is 12. The van der Waals surface area contributed by atoms with E-state index in [0.29, 0.717) is 49.7 Å². The second-order valence-corrected chi connectivity index (χ2v) is 12.3. The Labute approximate surface area is 284 Å². The lowest BCUT2D eigenvalue weighted by Crippen LogP contribution is -2.41. The Morgan fingerprint density at radius 2 is 1.66 bits per heavy atom. The number of nitrogens with zero attached hydrogens (tertiary/aromatic N) is 2. The third kappa shape index (κ3) is 13.1. The van der Waals surface area contributed by atoms with Crippen LogP contribution in [0.5, 0.6) is 0 Å². The number of carbonyl (C=O) groups excluding carboxylic acids is 3. The van der Waals surface area contributed by atoms with Crippen LogP contribution in [0.1, 0.15) is 113 Å². The monoisotopic (exact) mass is 649 g/mol. The molecule has 1 saturated heterocycles. The fraction of sp³-hybridized carbons (Fsp3) is 0.538. The van der Waals surface area contributed by atoms with Crippen LogP contribution in [0.4, 0.5) is 10.6 Å². The Morgan fingerprint density at radius 3 is 2.17 bits per heavy atom. The molecule has 0 aliphatic carbocycles. The van der Waals surface area contributed by atoms with Crippen molar-refractivity contribution in [3.63, 3.8) is 0 Å². The van der Waals surface area contributed by atoms with Crippen LogP contribution in [0.3, 0.4) is 0 Å². The Balaban J connectivity index is 0.00000541. The van der Waals surface area contributed by atoms with Crippen molar-refractivity contribution in [2.45, 2.75) is 114 Å². The highest BCUT2D eigenvalue weighted by atomic mass is 16.6. The van der Waals surface area contributed by atoms with E-state index in [2.05, 4.69) is 17.2 Å². The van der Waals surface area contributed by atoms with Gasteiger partial charge < -0.3 is 14.4 Å². The van der Waals surface area contributed by atoms with Gasteiger partial charge in [0.2, 0.25) is 0 Å². The summed E-state index contributed by atoms with van der Waals surface area (Å²) in [5, 5.41) is 2.70. The van der Waals surface area contributed by atoms with Crippen LogP contribution in [0.15, 0.2) is 63.9 Å². The minimum absolute atomic E-state index is 0.0517. The molecule has 1 N–H and O–H groups in total. The van der Waals surface area contributed by atoms with Crippen LogP contribution in [-0.4, -0.2) is 59.6 Å². The highest BCUT2D eigenvalue weighted by Gasteiger charge is 2.26. The minimum atomic E-state index is -0.633. The summed E-state index contributed by atoms with van der Waals surface area (Å²) in [5.74, 6) is 0.412. The zero-order valence-corrected chi connectivity index (χ0v) is 31.1. The first-order valence-corrected chi connectivity index (χ1v) is 17.1. The van der Waals surface area contributed by atoms with E-state index in [0.717, 1.165) is 52.7 Å². The molecule has 1 aromatic rings. The second-order valence-electron chi connectivity index (χ2n) is 12.3. The third-order valence-corrected chi connectivity index (χ3v) is 7.51. The van der Waals surface area contributed by atoms with Gasteiger partial charge in [0.25, 0.3) is 5.91 Å². The zero-order chi connectivity index (χ0) is 35.7. The fourth-order valence-corrected chi connectivity index (χ4v) is 4.90. The van der Waals surface area contributed by atoms with Crippen LogP contribution >= 0.6 is 0 Å². The number of unbranched alkanes of at least 4 members (excludes halogenated alkanes) is 1. The van der Waals surface area contributed by atoms with Gasteiger partial charge in [-0.15, -0.1) is 0 Å². The first kappa shape index (κ1) is 41.2. The second kappa shape index (κ2) is 20.5. The van der Waals surface area contributed by atoms with Crippen molar-refractivity contribution in [1.82, 2.24) is 9.88 Å². The van der Waals surface area contributed by atoms with Crippen molar-refractivity contribution in [3.05, 3.63) is 75.1 Å². The van der Waals surface area contributed by atoms with Gasteiger partial charge in [-0.05, 0) is 107 Å². The zero-order valence-electron chi connectivity index (χ0n) is 31.1. The molecule has 0 radical (unpaired) electrons. The highest BCUT2D eigenvalue weighted by Crippen LogP contribution is 2.32. The van der Waals surface area contributed by atoms with Crippen molar-refractivity contribution < 1.29 is 23.9 Å². The molecule has 0 spiro atoms. The predicted molar refractivity (Wildman–Crippen MR) is 194 cm³/mol. The average Bonchev–Trinajstić information content (AvgIpc) is 3.04. The summed E-state index contributed by atoms with van der Waals surface area (Å²) in [6.07, 6.45) is 11.9. The van der Waals surface area contributed by atoms with Gasteiger partial charge in [0.05, 0.1) is 13.2 Å². The maximum absolute atomic E-state index is 14.2. The number of carbonyl (C=O) groups is 3. The molecule has 2 amide bonds. The third-order valence-electron chi connectivity index (χ3n) is 7.51. The van der Waals surface area contributed by atoms with E-state index in [-0.39, 0.29) is 11.7 Å². The Hall–Kier alpha value is -3.78. The molecule has 260 valence electrons. The number of amides is 2. The number of Topliss-reactive ketones (excluding diaryl/α,β-unsaturated/α-hetero) is 1. The molecule has 1 fully saturated rings. The normalized spacial score (nSPS) is 15.4. The summed E-state index contributed by atoms with van der Waals surface area (Å²) in [6.45, 7) is 25.3. The van der Waals surface area contributed by atoms with E-state index in [1.165, 1.54) is 0 Å². The maximum atomic E-state index is 14.2. The molecule has 2 heterocycles. The van der Waals surface area contributed by atoms with Crippen molar-refractivity contribution in [1.29, 1.82) is 0 Å². The number of ether oxygens (including phenoxy) is 2. The van der Waals surface area contributed by atoms with Crippen LogP contribution in [0.2, 0.25) is 0 Å². The topological polar surface area (TPSA) is 97.8 Å². The van der Waals surface area contributed by atoms with Gasteiger partial charge in [-0.2, -0.15) is 0 Å². The summed E-state index contributed by atoms with van der Waals surface area (Å²) in [7, 11) is 0. The highest BCUT2D eigenvalue weighted by molar-refractivity contribution is 6.02. The molecule has 8 heteroatoms.